The Bertz CT molecular complexity index is 1060. The zero-order valence-electron chi connectivity index (χ0n) is 13.6. The molecule has 0 N–H and O–H groups in total. The third-order valence-electron chi connectivity index (χ3n) is 5.24. The predicted molar refractivity (Wildman–Crippen MR) is 101 cm³/mol. The van der Waals surface area contributed by atoms with Gasteiger partial charge in [0.15, 0.2) is 0 Å². The fraction of sp³-hybridized carbons (Fsp3) is 0.174. The van der Waals surface area contributed by atoms with Gasteiger partial charge in [0.05, 0.1) is 11.2 Å². The minimum atomic E-state index is 1.07. The van der Waals surface area contributed by atoms with Crippen molar-refractivity contribution in [1.29, 1.82) is 0 Å². The fourth-order valence-corrected chi connectivity index (χ4v) is 3.94. The van der Waals surface area contributed by atoms with Crippen LogP contribution in [0.15, 0.2) is 66.7 Å². The van der Waals surface area contributed by atoms with Crippen LogP contribution >= 0.6 is 0 Å². The summed E-state index contributed by atoms with van der Waals surface area (Å²) >= 11 is 0. The molecule has 0 bridgehead atoms. The van der Waals surface area contributed by atoms with Crippen LogP contribution in [0.2, 0.25) is 0 Å². The number of benzene rings is 3. The summed E-state index contributed by atoms with van der Waals surface area (Å²) in [6.07, 6.45) is 5.08. The second-order valence-corrected chi connectivity index (χ2v) is 6.74. The molecule has 116 valence electrons. The van der Waals surface area contributed by atoms with Gasteiger partial charge in [0, 0.05) is 10.9 Å². The second kappa shape index (κ2) is 5.45. The minimum Gasteiger partial charge on any atom is -0.248 e. The summed E-state index contributed by atoms with van der Waals surface area (Å²) in [7, 11) is 0. The number of fused-ring (bicyclic) bond motifs is 4. The summed E-state index contributed by atoms with van der Waals surface area (Å²) in [6.45, 7) is 0. The Kier molecular flexibility index (Phi) is 3.12. The third kappa shape index (κ3) is 2.20. The van der Waals surface area contributed by atoms with Gasteiger partial charge in [-0.25, -0.2) is 4.98 Å². The third-order valence-corrected chi connectivity index (χ3v) is 5.24. The van der Waals surface area contributed by atoms with Crippen LogP contribution in [0.4, 0.5) is 0 Å². The highest BCUT2D eigenvalue weighted by molar-refractivity contribution is 6.06. The molecule has 0 amide bonds. The molecule has 1 nitrogen and oxygen atoms in total. The van der Waals surface area contributed by atoms with E-state index in [0.29, 0.717) is 0 Å². The Hall–Kier alpha value is -2.67. The van der Waals surface area contributed by atoms with E-state index in [1.807, 2.05) is 0 Å². The van der Waals surface area contributed by atoms with Gasteiger partial charge in [-0.15, -0.1) is 0 Å². The van der Waals surface area contributed by atoms with E-state index in [4.69, 9.17) is 4.98 Å². The number of hydrogen-bond donors (Lipinski definition) is 0. The second-order valence-electron chi connectivity index (χ2n) is 6.74. The van der Waals surface area contributed by atoms with Crippen molar-refractivity contribution < 1.29 is 0 Å². The molecule has 1 heteroatoms. The molecule has 1 aliphatic rings. The molecule has 0 aliphatic heterocycles. The van der Waals surface area contributed by atoms with E-state index in [2.05, 4.69) is 66.7 Å². The summed E-state index contributed by atoms with van der Waals surface area (Å²) < 4.78 is 0. The molecular weight excluding hydrogens is 290 g/mol. The first-order valence-corrected chi connectivity index (χ1v) is 8.79. The van der Waals surface area contributed by atoms with Crippen LogP contribution in [0.1, 0.15) is 24.0 Å². The van der Waals surface area contributed by atoms with Crippen molar-refractivity contribution in [3.63, 3.8) is 0 Å². The van der Waals surface area contributed by atoms with Gasteiger partial charge in [0.1, 0.15) is 0 Å². The molecule has 1 aromatic heterocycles. The van der Waals surface area contributed by atoms with Crippen LogP contribution in [-0.4, -0.2) is 4.98 Å². The van der Waals surface area contributed by atoms with E-state index in [0.717, 1.165) is 11.2 Å². The molecule has 5 rings (SSSR count). The van der Waals surface area contributed by atoms with Gasteiger partial charge in [-0.05, 0) is 65.8 Å². The normalized spacial score (nSPS) is 14.0. The Labute approximate surface area is 142 Å². The summed E-state index contributed by atoms with van der Waals surface area (Å²) in [6, 6.07) is 24.1. The number of aromatic nitrogens is 1. The molecule has 1 heterocycles. The van der Waals surface area contributed by atoms with Crippen LogP contribution < -0.4 is 0 Å². The van der Waals surface area contributed by atoms with Crippen LogP contribution in [0, 0.1) is 0 Å². The van der Waals surface area contributed by atoms with Gasteiger partial charge < -0.3 is 0 Å². The summed E-state index contributed by atoms with van der Waals surface area (Å²) in [5.74, 6) is 0. The van der Waals surface area contributed by atoms with Crippen molar-refractivity contribution in [3.8, 4) is 11.3 Å². The van der Waals surface area contributed by atoms with Crippen LogP contribution in [0.25, 0.3) is 32.9 Å². The van der Waals surface area contributed by atoms with E-state index >= 15 is 0 Å². The molecule has 0 radical (unpaired) electrons. The van der Waals surface area contributed by atoms with Gasteiger partial charge in [0.25, 0.3) is 0 Å². The standard InChI is InChI=1S/C23H19N/c1-2-7-18-15-19(10-9-16(18)5-1)22-14-12-21-20-8-4-3-6-17(20)11-13-23(21)24-22/h3-4,6,8-15H,1-2,5,7H2. The Morgan fingerprint density at radius 1 is 0.667 bits per heavy atom. The molecule has 4 aromatic rings. The highest BCUT2D eigenvalue weighted by Crippen LogP contribution is 2.29. The monoisotopic (exact) mass is 309 g/mol. The van der Waals surface area contributed by atoms with E-state index in [1.165, 1.54) is 58.5 Å². The van der Waals surface area contributed by atoms with Crippen molar-refractivity contribution in [1.82, 2.24) is 4.98 Å². The van der Waals surface area contributed by atoms with Crippen molar-refractivity contribution in [3.05, 3.63) is 77.9 Å². The molecule has 1 aliphatic carbocycles. The number of nitrogens with zero attached hydrogens (tertiary/aromatic N) is 1. The van der Waals surface area contributed by atoms with Gasteiger partial charge in [-0.1, -0.05) is 48.5 Å². The molecule has 24 heavy (non-hydrogen) atoms. The van der Waals surface area contributed by atoms with Gasteiger partial charge >= 0.3 is 0 Å². The number of aryl methyl sites for hydroxylation is 2. The molecule has 0 saturated carbocycles. The first kappa shape index (κ1) is 13.7. The maximum Gasteiger partial charge on any atom is 0.0715 e. The molecule has 3 aromatic carbocycles. The summed E-state index contributed by atoms with van der Waals surface area (Å²) in [5, 5.41) is 3.78. The van der Waals surface area contributed by atoms with Crippen molar-refractivity contribution in [2.75, 3.05) is 0 Å². The topological polar surface area (TPSA) is 12.9 Å². The highest BCUT2D eigenvalue weighted by Gasteiger charge is 2.11. The Morgan fingerprint density at radius 3 is 2.50 bits per heavy atom. The molecular formula is C23H19N. The summed E-state index contributed by atoms with van der Waals surface area (Å²) in [4.78, 5) is 4.94. The molecule has 0 fully saturated rings. The van der Waals surface area contributed by atoms with Crippen molar-refractivity contribution in [2.45, 2.75) is 25.7 Å². The lowest BCUT2D eigenvalue weighted by Crippen LogP contribution is -2.02. The Balaban J connectivity index is 1.66. The zero-order valence-corrected chi connectivity index (χ0v) is 13.6. The smallest absolute Gasteiger partial charge is 0.0715 e. The lowest BCUT2D eigenvalue weighted by Gasteiger charge is -2.16. The SMILES string of the molecule is c1ccc2c(c1)ccc1nc(-c3ccc4c(c3)CCCC4)ccc12. The molecule has 0 unspecified atom stereocenters. The lowest BCUT2D eigenvalue weighted by atomic mass is 9.90. The maximum atomic E-state index is 4.94. The lowest BCUT2D eigenvalue weighted by molar-refractivity contribution is 0.686. The number of rotatable bonds is 1. The van der Waals surface area contributed by atoms with E-state index in [9.17, 15) is 0 Å². The molecule has 0 saturated heterocycles. The predicted octanol–water partition coefficient (Wildman–Crippen LogP) is 5.93. The van der Waals surface area contributed by atoms with E-state index in [1.54, 1.807) is 0 Å². The number of pyridine rings is 1. The largest absolute Gasteiger partial charge is 0.248 e. The van der Waals surface area contributed by atoms with Crippen LogP contribution in [0.3, 0.4) is 0 Å². The first-order valence-electron chi connectivity index (χ1n) is 8.79. The Morgan fingerprint density at radius 2 is 1.54 bits per heavy atom. The highest BCUT2D eigenvalue weighted by atomic mass is 14.7. The van der Waals surface area contributed by atoms with Gasteiger partial charge in [-0.3, -0.25) is 0 Å². The van der Waals surface area contributed by atoms with Crippen molar-refractivity contribution in [2.24, 2.45) is 0 Å². The van der Waals surface area contributed by atoms with Crippen LogP contribution in [0.5, 0.6) is 0 Å². The molecule has 0 atom stereocenters. The average molecular weight is 309 g/mol. The minimum absolute atomic E-state index is 1.07. The van der Waals surface area contributed by atoms with Gasteiger partial charge in [0.2, 0.25) is 0 Å². The van der Waals surface area contributed by atoms with Crippen molar-refractivity contribution >= 4 is 21.7 Å². The van der Waals surface area contributed by atoms with Crippen LogP contribution in [-0.2, 0) is 12.8 Å². The first-order chi connectivity index (χ1) is 11.9. The average Bonchev–Trinajstić information content (AvgIpc) is 2.67. The maximum absolute atomic E-state index is 4.94. The van der Waals surface area contributed by atoms with Gasteiger partial charge in [-0.2, -0.15) is 0 Å². The molecule has 0 spiro atoms. The summed E-state index contributed by atoms with van der Waals surface area (Å²) in [5.41, 5.74) is 6.43. The number of hydrogen-bond acceptors (Lipinski definition) is 1. The quantitative estimate of drug-likeness (QED) is 0.397. The zero-order chi connectivity index (χ0) is 15.9. The fourth-order valence-electron chi connectivity index (χ4n) is 3.94. The van der Waals surface area contributed by atoms with E-state index in [-0.39, 0.29) is 0 Å². The van der Waals surface area contributed by atoms with E-state index < -0.39 is 0 Å².